The minimum absolute atomic E-state index is 0.103. The fraction of sp³-hybridized carbons (Fsp3) is 0.185. The number of ether oxygens (including phenoxy) is 2. The highest BCUT2D eigenvalue weighted by atomic mass is 35.5. The van der Waals surface area contributed by atoms with Gasteiger partial charge in [0.2, 0.25) is 0 Å². The Kier molecular flexibility index (Phi) is 7.78. The summed E-state index contributed by atoms with van der Waals surface area (Å²) in [6, 6.07) is 17.6. The van der Waals surface area contributed by atoms with Gasteiger partial charge in [-0.3, -0.25) is 14.5 Å². The highest BCUT2D eigenvalue weighted by Crippen LogP contribution is 2.36. The molecule has 0 saturated carbocycles. The Morgan fingerprint density at radius 2 is 1.80 bits per heavy atom. The second kappa shape index (κ2) is 11.0. The molecule has 1 fully saturated rings. The molecule has 0 bridgehead atoms. The van der Waals surface area contributed by atoms with Gasteiger partial charge in [-0.15, -0.1) is 0 Å². The molecule has 1 aliphatic heterocycles. The summed E-state index contributed by atoms with van der Waals surface area (Å²) in [4.78, 5) is 26.6. The second-order valence-corrected chi connectivity index (χ2v) is 9.28. The Morgan fingerprint density at radius 1 is 1.03 bits per heavy atom. The lowest BCUT2D eigenvalue weighted by molar-refractivity contribution is -0.123. The molecule has 5 nitrogen and oxygen atoms in total. The van der Waals surface area contributed by atoms with Gasteiger partial charge < -0.3 is 9.47 Å². The average Bonchev–Trinajstić information content (AvgIpc) is 3.09. The summed E-state index contributed by atoms with van der Waals surface area (Å²) >= 11 is 6.87. The summed E-state index contributed by atoms with van der Waals surface area (Å²) in [5.74, 6) is 0.0395. The summed E-state index contributed by atoms with van der Waals surface area (Å²) < 4.78 is 25.9. The van der Waals surface area contributed by atoms with Gasteiger partial charge in [-0.2, -0.15) is 0 Å². The van der Waals surface area contributed by atoms with Gasteiger partial charge >= 0.3 is 0 Å². The number of hydrogen-bond donors (Lipinski definition) is 0. The number of halogens is 2. The minimum Gasteiger partial charge on any atom is -0.490 e. The Morgan fingerprint density at radius 3 is 2.51 bits per heavy atom. The van der Waals surface area contributed by atoms with E-state index in [9.17, 15) is 14.0 Å². The fourth-order valence-electron chi connectivity index (χ4n) is 3.48. The van der Waals surface area contributed by atoms with Crippen molar-refractivity contribution in [3.05, 3.63) is 98.7 Å². The number of carbonyl (C=O) groups excluding carboxylic acids is 2. The molecule has 1 saturated heterocycles. The van der Waals surface area contributed by atoms with Crippen molar-refractivity contribution < 1.29 is 23.5 Å². The highest BCUT2D eigenvalue weighted by molar-refractivity contribution is 8.18. The van der Waals surface area contributed by atoms with Crippen molar-refractivity contribution in [3.63, 3.8) is 0 Å². The number of benzene rings is 3. The van der Waals surface area contributed by atoms with Crippen LogP contribution in [0.2, 0.25) is 5.02 Å². The molecule has 1 aliphatic rings. The molecule has 0 N–H and O–H groups in total. The average molecular weight is 512 g/mol. The Bertz CT molecular complexity index is 1270. The van der Waals surface area contributed by atoms with E-state index in [1.807, 2.05) is 38.1 Å². The van der Waals surface area contributed by atoms with Crippen LogP contribution in [0, 0.1) is 12.7 Å². The number of nitrogens with zero attached hydrogens (tertiary/aromatic N) is 1. The number of amides is 2. The molecule has 35 heavy (non-hydrogen) atoms. The van der Waals surface area contributed by atoms with E-state index >= 15 is 0 Å². The van der Waals surface area contributed by atoms with Gasteiger partial charge in [-0.1, -0.05) is 53.6 Å². The fourth-order valence-corrected chi connectivity index (χ4v) is 4.54. The predicted molar refractivity (Wildman–Crippen MR) is 136 cm³/mol. The summed E-state index contributed by atoms with van der Waals surface area (Å²) in [5.41, 5.74) is 2.98. The summed E-state index contributed by atoms with van der Waals surface area (Å²) in [5, 5.41) is -0.320. The van der Waals surface area contributed by atoms with Crippen molar-refractivity contribution in [2.45, 2.75) is 27.0 Å². The van der Waals surface area contributed by atoms with Gasteiger partial charge in [-0.25, -0.2) is 4.39 Å². The van der Waals surface area contributed by atoms with Crippen LogP contribution in [0.5, 0.6) is 11.5 Å². The zero-order chi connectivity index (χ0) is 24.9. The molecule has 0 atom stereocenters. The lowest BCUT2D eigenvalue weighted by Crippen LogP contribution is -2.28. The van der Waals surface area contributed by atoms with Crippen LogP contribution >= 0.6 is 23.4 Å². The van der Waals surface area contributed by atoms with Crippen LogP contribution in [0.1, 0.15) is 29.2 Å². The molecular formula is C27H23ClFNO4S. The zero-order valence-corrected chi connectivity index (χ0v) is 20.8. The number of hydrogen-bond acceptors (Lipinski definition) is 5. The number of carbonyl (C=O) groups is 2. The SMILES string of the molecule is CCOc1cc(/C=C2\SC(=O)N(Cc3c(F)cccc3Cl)C2=O)ccc1OCc1ccc(C)cc1. The van der Waals surface area contributed by atoms with E-state index in [1.54, 1.807) is 24.3 Å². The van der Waals surface area contributed by atoms with Gasteiger partial charge in [-0.05, 0) is 67.1 Å². The van der Waals surface area contributed by atoms with Crippen molar-refractivity contribution in [1.82, 2.24) is 4.90 Å². The van der Waals surface area contributed by atoms with Crippen molar-refractivity contribution in [3.8, 4) is 11.5 Å². The third kappa shape index (κ3) is 5.86. The molecule has 0 unspecified atom stereocenters. The second-order valence-electron chi connectivity index (χ2n) is 7.88. The van der Waals surface area contributed by atoms with Gasteiger partial charge in [0.1, 0.15) is 12.4 Å². The first kappa shape index (κ1) is 24.8. The first-order valence-corrected chi connectivity index (χ1v) is 12.2. The standard InChI is InChI=1S/C27H23ClFNO4S/c1-3-33-24-13-19(11-12-23(24)34-16-18-9-7-17(2)8-10-18)14-25-26(31)30(27(32)35-25)15-20-21(28)5-4-6-22(20)29/h4-14H,3,15-16H2,1-2H3/b25-14-. The molecule has 2 amide bonds. The Balaban J connectivity index is 1.52. The number of thioether (sulfide) groups is 1. The Hall–Kier alpha value is -3.29. The minimum atomic E-state index is -0.567. The van der Waals surface area contributed by atoms with E-state index in [0.29, 0.717) is 30.3 Å². The van der Waals surface area contributed by atoms with Crippen LogP contribution in [0.3, 0.4) is 0 Å². The molecule has 0 spiro atoms. The van der Waals surface area contributed by atoms with Gasteiger partial charge in [0.05, 0.1) is 18.1 Å². The summed E-state index contributed by atoms with van der Waals surface area (Å²) in [6.07, 6.45) is 1.61. The third-order valence-electron chi connectivity index (χ3n) is 5.33. The molecular weight excluding hydrogens is 489 g/mol. The van der Waals surface area contributed by atoms with Gasteiger partial charge in [0.25, 0.3) is 11.1 Å². The topological polar surface area (TPSA) is 55.8 Å². The van der Waals surface area contributed by atoms with E-state index in [0.717, 1.165) is 22.2 Å². The first-order valence-electron chi connectivity index (χ1n) is 11.0. The third-order valence-corrected chi connectivity index (χ3v) is 6.59. The summed E-state index contributed by atoms with van der Waals surface area (Å²) in [6.45, 7) is 4.49. The van der Waals surface area contributed by atoms with Gasteiger partial charge in [0, 0.05) is 10.6 Å². The van der Waals surface area contributed by atoms with E-state index in [-0.39, 0.29) is 22.0 Å². The highest BCUT2D eigenvalue weighted by Gasteiger charge is 2.36. The van der Waals surface area contributed by atoms with E-state index in [1.165, 1.54) is 23.8 Å². The normalized spacial score (nSPS) is 14.6. The zero-order valence-electron chi connectivity index (χ0n) is 19.2. The molecule has 8 heteroatoms. The molecule has 180 valence electrons. The Labute approximate surface area is 212 Å². The smallest absolute Gasteiger partial charge is 0.293 e. The predicted octanol–water partition coefficient (Wildman–Crippen LogP) is 7.00. The number of aryl methyl sites for hydroxylation is 1. The largest absolute Gasteiger partial charge is 0.490 e. The van der Waals surface area contributed by atoms with Crippen molar-refractivity contribution in [2.24, 2.45) is 0 Å². The number of imide groups is 1. The maximum Gasteiger partial charge on any atom is 0.293 e. The van der Waals surface area contributed by atoms with Crippen LogP contribution in [0.25, 0.3) is 6.08 Å². The molecule has 0 aromatic heterocycles. The van der Waals surface area contributed by atoms with Crippen molar-refractivity contribution in [2.75, 3.05) is 6.61 Å². The summed E-state index contributed by atoms with van der Waals surface area (Å²) in [7, 11) is 0. The molecule has 3 aromatic carbocycles. The van der Waals surface area contributed by atoms with E-state index in [2.05, 4.69) is 0 Å². The van der Waals surface area contributed by atoms with E-state index < -0.39 is 17.0 Å². The number of rotatable bonds is 8. The lowest BCUT2D eigenvalue weighted by atomic mass is 10.1. The van der Waals surface area contributed by atoms with Gasteiger partial charge in [0.15, 0.2) is 11.5 Å². The van der Waals surface area contributed by atoms with Crippen molar-refractivity contribution >= 4 is 40.6 Å². The molecule has 0 radical (unpaired) electrons. The lowest BCUT2D eigenvalue weighted by Gasteiger charge is -2.14. The molecule has 4 rings (SSSR count). The molecule has 3 aromatic rings. The molecule has 0 aliphatic carbocycles. The van der Waals surface area contributed by atoms with E-state index in [4.69, 9.17) is 21.1 Å². The monoisotopic (exact) mass is 511 g/mol. The quantitative estimate of drug-likeness (QED) is 0.305. The van der Waals surface area contributed by atoms with Crippen LogP contribution in [0.4, 0.5) is 9.18 Å². The van der Waals surface area contributed by atoms with Crippen LogP contribution in [0.15, 0.2) is 65.6 Å². The van der Waals surface area contributed by atoms with Crippen molar-refractivity contribution in [1.29, 1.82) is 0 Å². The maximum atomic E-state index is 14.2. The van der Waals surface area contributed by atoms with Crippen LogP contribution in [-0.2, 0) is 17.9 Å². The van der Waals surface area contributed by atoms with Crippen LogP contribution in [-0.4, -0.2) is 22.7 Å². The maximum absolute atomic E-state index is 14.2. The first-order chi connectivity index (χ1) is 16.9. The van der Waals surface area contributed by atoms with Crippen LogP contribution < -0.4 is 9.47 Å². The molecule has 1 heterocycles.